The lowest BCUT2D eigenvalue weighted by atomic mass is 10.0. The van der Waals surface area contributed by atoms with Gasteiger partial charge < -0.3 is 9.42 Å². The SMILES string of the molecule is CCCc1noc(CN2CCN(C(=O)CCC3CCCC3)CC2)n1. The van der Waals surface area contributed by atoms with Gasteiger partial charge in [0.25, 0.3) is 0 Å². The molecule has 0 radical (unpaired) electrons. The zero-order valence-corrected chi connectivity index (χ0v) is 14.9. The molecule has 0 unspecified atom stereocenters. The highest BCUT2D eigenvalue weighted by Crippen LogP contribution is 2.28. The third kappa shape index (κ3) is 4.79. The minimum Gasteiger partial charge on any atom is -0.340 e. The summed E-state index contributed by atoms with van der Waals surface area (Å²) in [5.41, 5.74) is 0. The van der Waals surface area contributed by atoms with E-state index in [1.807, 2.05) is 4.90 Å². The second-order valence-corrected chi connectivity index (χ2v) is 7.20. The highest BCUT2D eigenvalue weighted by molar-refractivity contribution is 5.76. The Balaban J connectivity index is 1.37. The summed E-state index contributed by atoms with van der Waals surface area (Å²) in [6.07, 6.45) is 9.07. The zero-order chi connectivity index (χ0) is 16.8. The average molecular weight is 334 g/mol. The fourth-order valence-corrected chi connectivity index (χ4v) is 3.81. The van der Waals surface area contributed by atoms with E-state index in [9.17, 15) is 4.79 Å². The van der Waals surface area contributed by atoms with Gasteiger partial charge in [0.05, 0.1) is 6.54 Å². The molecule has 0 N–H and O–H groups in total. The highest BCUT2D eigenvalue weighted by atomic mass is 16.5. The average Bonchev–Trinajstić information content (AvgIpc) is 3.26. The van der Waals surface area contributed by atoms with Crippen LogP contribution in [0.2, 0.25) is 0 Å². The first-order valence-corrected chi connectivity index (χ1v) is 9.56. The maximum atomic E-state index is 12.4. The van der Waals surface area contributed by atoms with Gasteiger partial charge in [-0.15, -0.1) is 0 Å². The number of hydrogen-bond donors (Lipinski definition) is 0. The van der Waals surface area contributed by atoms with Gasteiger partial charge in [-0.1, -0.05) is 37.8 Å². The number of nitrogens with zero attached hydrogens (tertiary/aromatic N) is 4. The first kappa shape index (κ1) is 17.4. The lowest BCUT2D eigenvalue weighted by Gasteiger charge is -2.34. The summed E-state index contributed by atoms with van der Waals surface area (Å²) in [6.45, 7) is 6.22. The van der Waals surface area contributed by atoms with Crippen LogP contribution >= 0.6 is 0 Å². The van der Waals surface area contributed by atoms with Crippen LogP contribution in [-0.4, -0.2) is 52.0 Å². The first-order valence-electron chi connectivity index (χ1n) is 9.56. The van der Waals surface area contributed by atoms with Crippen molar-refractivity contribution in [3.8, 4) is 0 Å². The number of piperazine rings is 1. The first-order chi connectivity index (χ1) is 11.7. The van der Waals surface area contributed by atoms with Gasteiger partial charge in [-0.3, -0.25) is 9.69 Å². The Morgan fingerprint density at radius 3 is 2.67 bits per heavy atom. The summed E-state index contributed by atoms with van der Waals surface area (Å²) in [4.78, 5) is 21.1. The van der Waals surface area contributed by atoms with Crippen molar-refractivity contribution in [1.82, 2.24) is 19.9 Å². The molecule has 2 heterocycles. The lowest BCUT2D eigenvalue weighted by Crippen LogP contribution is -2.48. The van der Waals surface area contributed by atoms with E-state index in [4.69, 9.17) is 4.52 Å². The second kappa shape index (κ2) is 8.60. The maximum Gasteiger partial charge on any atom is 0.240 e. The van der Waals surface area contributed by atoms with Crippen molar-refractivity contribution in [2.24, 2.45) is 5.92 Å². The molecule has 0 spiro atoms. The normalized spacial score (nSPS) is 20.0. The molecule has 1 aliphatic heterocycles. The summed E-state index contributed by atoms with van der Waals surface area (Å²) >= 11 is 0. The predicted octanol–water partition coefficient (Wildman–Crippen LogP) is 2.64. The largest absolute Gasteiger partial charge is 0.340 e. The van der Waals surface area contributed by atoms with Crippen LogP contribution in [-0.2, 0) is 17.8 Å². The number of carbonyl (C=O) groups is 1. The van der Waals surface area contributed by atoms with Crippen LogP contribution in [0.15, 0.2) is 4.52 Å². The van der Waals surface area contributed by atoms with Gasteiger partial charge in [0, 0.05) is 39.0 Å². The quantitative estimate of drug-likeness (QED) is 0.767. The molecule has 1 aliphatic carbocycles. The third-order valence-electron chi connectivity index (χ3n) is 5.31. The molecule has 0 aromatic carbocycles. The number of hydrogen-bond acceptors (Lipinski definition) is 5. The van der Waals surface area contributed by atoms with Gasteiger partial charge in [0.1, 0.15) is 0 Å². The van der Waals surface area contributed by atoms with Crippen molar-refractivity contribution >= 4 is 5.91 Å². The monoisotopic (exact) mass is 334 g/mol. The molecule has 134 valence electrons. The molecule has 3 rings (SSSR count). The number of aromatic nitrogens is 2. The molecule has 24 heavy (non-hydrogen) atoms. The second-order valence-electron chi connectivity index (χ2n) is 7.20. The van der Waals surface area contributed by atoms with Crippen LogP contribution in [0.5, 0.6) is 0 Å². The summed E-state index contributed by atoms with van der Waals surface area (Å²) in [7, 11) is 0. The third-order valence-corrected chi connectivity index (χ3v) is 5.31. The Labute approximate surface area is 144 Å². The van der Waals surface area contributed by atoms with Crippen LogP contribution in [0.4, 0.5) is 0 Å². The van der Waals surface area contributed by atoms with Gasteiger partial charge in [0.2, 0.25) is 11.8 Å². The zero-order valence-electron chi connectivity index (χ0n) is 14.9. The van der Waals surface area contributed by atoms with Gasteiger partial charge in [-0.25, -0.2) is 0 Å². The van der Waals surface area contributed by atoms with E-state index in [0.717, 1.165) is 63.6 Å². The Bertz CT molecular complexity index is 517. The van der Waals surface area contributed by atoms with Crippen molar-refractivity contribution in [2.45, 2.75) is 64.8 Å². The number of carbonyl (C=O) groups excluding carboxylic acids is 1. The molecule has 1 aromatic heterocycles. The van der Waals surface area contributed by atoms with E-state index >= 15 is 0 Å². The lowest BCUT2D eigenvalue weighted by molar-refractivity contribution is -0.133. The van der Waals surface area contributed by atoms with Crippen molar-refractivity contribution in [2.75, 3.05) is 26.2 Å². The summed E-state index contributed by atoms with van der Waals surface area (Å²) in [6, 6.07) is 0. The Kier molecular flexibility index (Phi) is 6.24. The van der Waals surface area contributed by atoms with Gasteiger partial charge >= 0.3 is 0 Å². The van der Waals surface area contributed by atoms with Crippen molar-refractivity contribution in [1.29, 1.82) is 0 Å². The van der Waals surface area contributed by atoms with E-state index in [2.05, 4.69) is 22.0 Å². The minimum atomic E-state index is 0.338. The van der Waals surface area contributed by atoms with Crippen LogP contribution in [0.3, 0.4) is 0 Å². The topological polar surface area (TPSA) is 62.5 Å². The predicted molar refractivity (Wildman–Crippen MR) is 91.3 cm³/mol. The highest BCUT2D eigenvalue weighted by Gasteiger charge is 2.23. The molecule has 2 fully saturated rings. The van der Waals surface area contributed by atoms with Gasteiger partial charge in [-0.05, 0) is 18.8 Å². The molecule has 1 aromatic rings. The smallest absolute Gasteiger partial charge is 0.240 e. The van der Waals surface area contributed by atoms with Crippen LogP contribution < -0.4 is 0 Å². The van der Waals surface area contributed by atoms with Crippen molar-refractivity contribution in [3.63, 3.8) is 0 Å². The van der Waals surface area contributed by atoms with Crippen LogP contribution in [0.1, 0.15) is 63.6 Å². The molecule has 0 bridgehead atoms. The van der Waals surface area contributed by atoms with Crippen molar-refractivity contribution < 1.29 is 9.32 Å². The Morgan fingerprint density at radius 1 is 1.21 bits per heavy atom. The van der Waals surface area contributed by atoms with E-state index in [-0.39, 0.29) is 0 Å². The molecule has 1 saturated carbocycles. The van der Waals surface area contributed by atoms with Gasteiger partial charge in [-0.2, -0.15) is 4.98 Å². The molecular formula is C18H30N4O2. The van der Waals surface area contributed by atoms with E-state index in [0.29, 0.717) is 18.3 Å². The van der Waals surface area contributed by atoms with Crippen LogP contribution in [0, 0.1) is 5.92 Å². The summed E-state index contributed by atoms with van der Waals surface area (Å²) in [5.74, 6) is 2.63. The minimum absolute atomic E-state index is 0.338. The number of aryl methyl sites for hydroxylation is 1. The van der Waals surface area contributed by atoms with E-state index in [1.54, 1.807) is 0 Å². The fourth-order valence-electron chi connectivity index (χ4n) is 3.81. The molecule has 1 amide bonds. The van der Waals surface area contributed by atoms with Crippen LogP contribution in [0.25, 0.3) is 0 Å². The summed E-state index contributed by atoms with van der Waals surface area (Å²) in [5, 5.41) is 4.00. The molecule has 2 aliphatic rings. The van der Waals surface area contributed by atoms with Gasteiger partial charge in [0.15, 0.2) is 5.82 Å². The molecule has 6 heteroatoms. The Hall–Kier alpha value is -1.43. The molecule has 0 atom stereocenters. The number of rotatable bonds is 7. The molecule has 6 nitrogen and oxygen atoms in total. The summed E-state index contributed by atoms with van der Waals surface area (Å²) < 4.78 is 5.31. The molecular weight excluding hydrogens is 304 g/mol. The molecule has 1 saturated heterocycles. The maximum absolute atomic E-state index is 12.4. The van der Waals surface area contributed by atoms with Crippen molar-refractivity contribution in [3.05, 3.63) is 11.7 Å². The van der Waals surface area contributed by atoms with E-state index < -0.39 is 0 Å². The fraction of sp³-hybridized carbons (Fsp3) is 0.833. The Morgan fingerprint density at radius 2 is 1.96 bits per heavy atom. The number of amides is 1. The van der Waals surface area contributed by atoms with E-state index in [1.165, 1.54) is 25.7 Å². The standard InChI is InChI=1S/C18H30N4O2/c1-2-5-16-19-17(24-20-16)14-21-10-12-22(13-11-21)18(23)9-8-15-6-3-4-7-15/h15H,2-14H2,1H3.